The van der Waals surface area contributed by atoms with Crippen molar-refractivity contribution in [1.29, 1.82) is 0 Å². The SMILES string of the molecule is CCc1cc2c(cc1Nc1ncc(Cl)c(Nc3ccccc3P(C)(C)=O)n1)C(=O)NCCC2. The van der Waals surface area contributed by atoms with Gasteiger partial charge in [0.25, 0.3) is 5.91 Å². The van der Waals surface area contributed by atoms with Gasteiger partial charge in [-0.25, -0.2) is 4.98 Å². The molecule has 0 saturated heterocycles. The van der Waals surface area contributed by atoms with Gasteiger partial charge in [-0.15, -0.1) is 0 Å². The maximum absolute atomic E-state index is 12.7. The zero-order valence-electron chi connectivity index (χ0n) is 18.9. The van der Waals surface area contributed by atoms with Gasteiger partial charge >= 0.3 is 0 Å². The molecule has 1 aliphatic rings. The first-order valence-electron chi connectivity index (χ1n) is 10.9. The fourth-order valence-electron chi connectivity index (χ4n) is 3.91. The van der Waals surface area contributed by atoms with Gasteiger partial charge < -0.3 is 20.5 Å². The summed E-state index contributed by atoms with van der Waals surface area (Å²) in [5.74, 6) is 0.688. The van der Waals surface area contributed by atoms with E-state index < -0.39 is 7.14 Å². The van der Waals surface area contributed by atoms with Gasteiger partial charge in [0.1, 0.15) is 12.2 Å². The smallest absolute Gasteiger partial charge is 0.251 e. The summed E-state index contributed by atoms with van der Waals surface area (Å²) in [4.78, 5) is 21.4. The third kappa shape index (κ3) is 5.21. The van der Waals surface area contributed by atoms with E-state index in [2.05, 4.69) is 38.9 Å². The van der Waals surface area contributed by atoms with Crippen molar-refractivity contribution < 1.29 is 9.36 Å². The van der Waals surface area contributed by atoms with Gasteiger partial charge in [-0.1, -0.05) is 36.7 Å². The van der Waals surface area contributed by atoms with Gasteiger partial charge in [0.05, 0.1) is 11.9 Å². The summed E-state index contributed by atoms with van der Waals surface area (Å²) in [5.41, 5.74) is 4.30. The second-order valence-electron chi connectivity index (χ2n) is 8.39. The molecule has 0 fully saturated rings. The van der Waals surface area contributed by atoms with Crippen molar-refractivity contribution in [2.75, 3.05) is 30.5 Å². The minimum absolute atomic E-state index is 0.0623. The van der Waals surface area contributed by atoms with Gasteiger partial charge in [-0.3, -0.25) is 4.79 Å². The monoisotopic (exact) mass is 483 g/mol. The lowest BCUT2D eigenvalue weighted by Crippen LogP contribution is -2.22. The van der Waals surface area contributed by atoms with Gasteiger partial charge in [-0.2, -0.15) is 4.98 Å². The molecule has 2 heterocycles. The fraction of sp³-hybridized carbons (Fsp3) is 0.292. The summed E-state index contributed by atoms with van der Waals surface area (Å²) in [6.45, 7) is 6.20. The molecule has 1 aliphatic heterocycles. The highest BCUT2D eigenvalue weighted by atomic mass is 35.5. The lowest BCUT2D eigenvalue weighted by atomic mass is 9.97. The molecule has 7 nitrogen and oxygen atoms in total. The second kappa shape index (κ2) is 9.54. The number of carbonyl (C=O) groups excluding carboxylic acids is 1. The van der Waals surface area contributed by atoms with E-state index in [1.807, 2.05) is 30.3 Å². The standard InChI is InChI=1S/C24H27ClN5O2P/c1-4-15-12-16-8-7-11-26-23(31)17(16)13-20(15)29-24-27-14-18(25)22(30-24)28-19-9-5-6-10-21(19)33(2,3)32/h5-6,9-10,12-14H,4,7-8,11H2,1-3H3,(H,26,31)(H2,27,28,29,30). The van der Waals surface area contributed by atoms with Crippen LogP contribution in [0.4, 0.5) is 23.1 Å². The van der Waals surface area contributed by atoms with Crippen LogP contribution in [-0.2, 0) is 17.4 Å². The lowest BCUT2D eigenvalue weighted by molar-refractivity contribution is 0.0956. The number of hydrogen-bond acceptors (Lipinski definition) is 6. The Kier molecular flexibility index (Phi) is 6.73. The minimum Gasteiger partial charge on any atom is -0.352 e. The molecule has 33 heavy (non-hydrogen) atoms. The maximum Gasteiger partial charge on any atom is 0.251 e. The van der Waals surface area contributed by atoms with Crippen molar-refractivity contribution in [3.05, 3.63) is 64.3 Å². The van der Waals surface area contributed by atoms with Crippen molar-refractivity contribution in [3.8, 4) is 0 Å². The molecule has 0 spiro atoms. The zero-order valence-corrected chi connectivity index (χ0v) is 20.6. The summed E-state index contributed by atoms with van der Waals surface area (Å²) in [7, 11) is -2.51. The van der Waals surface area contributed by atoms with E-state index in [1.54, 1.807) is 13.3 Å². The van der Waals surface area contributed by atoms with Gasteiger partial charge in [0.2, 0.25) is 5.95 Å². The molecule has 4 rings (SSSR count). The first-order chi connectivity index (χ1) is 15.8. The molecule has 9 heteroatoms. The summed E-state index contributed by atoms with van der Waals surface area (Å²) < 4.78 is 12.7. The number of carbonyl (C=O) groups is 1. The molecule has 2 aromatic carbocycles. The zero-order chi connectivity index (χ0) is 23.6. The number of nitrogens with one attached hydrogen (secondary N) is 3. The molecule has 0 bridgehead atoms. The molecule has 3 N–H and O–H groups in total. The third-order valence-corrected chi connectivity index (χ3v) is 7.42. The van der Waals surface area contributed by atoms with Crippen molar-refractivity contribution >= 4 is 53.1 Å². The predicted octanol–water partition coefficient (Wildman–Crippen LogP) is 5.10. The van der Waals surface area contributed by atoms with Crippen LogP contribution in [-0.4, -0.2) is 35.7 Å². The number of benzene rings is 2. The molecule has 1 aromatic heterocycles. The van der Waals surface area contributed by atoms with Crippen molar-refractivity contribution in [2.24, 2.45) is 0 Å². The molecule has 172 valence electrons. The predicted molar refractivity (Wildman–Crippen MR) is 136 cm³/mol. The second-order valence-corrected chi connectivity index (χ2v) is 12.0. The Bertz CT molecular complexity index is 1260. The number of aromatic nitrogens is 2. The number of anilines is 4. The van der Waals surface area contributed by atoms with Gasteiger partial charge in [0, 0.05) is 23.1 Å². The largest absolute Gasteiger partial charge is 0.352 e. The van der Waals surface area contributed by atoms with Crippen LogP contribution < -0.4 is 21.3 Å². The lowest BCUT2D eigenvalue weighted by Gasteiger charge is -2.17. The number of nitrogens with zero attached hydrogens (tertiary/aromatic N) is 2. The number of para-hydroxylation sites is 1. The Hall–Kier alpha value is -2.89. The molecule has 0 unspecified atom stereocenters. The average molecular weight is 484 g/mol. The topological polar surface area (TPSA) is 96.0 Å². The molecule has 0 atom stereocenters. The quantitative estimate of drug-likeness (QED) is 0.422. The fourth-order valence-corrected chi connectivity index (χ4v) is 5.20. The Labute approximate surface area is 198 Å². The average Bonchev–Trinajstić information content (AvgIpc) is 2.96. The van der Waals surface area contributed by atoms with Crippen LogP contribution in [0.5, 0.6) is 0 Å². The molecule has 0 radical (unpaired) electrons. The first-order valence-corrected chi connectivity index (χ1v) is 13.9. The molecule has 0 saturated carbocycles. The van der Waals surface area contributed by atoms with Crippen LogP contribution in [0.3, 0.4) is 0 Å². The highest BCUT2D eigenvalue weighted by Crippen LogP contribution is 2.38. The minimum atomic E-state index is -2.51. The summed E-state index contributed by atoms with van der Waals surface area (Å²) in [6.07, 6.45) is 4.10. The third-order valence-electron chi connectivity index (χ3n) is 5.59. The van der Waals surface area contributed by atoms with Crippen molar-refractivity contribution in [3.63, 3.8) is 0 Å². The van der Waals surface area contributed by atoms with Crippen LogP contribution in [0.1, 0.15) is 34.8 Å². The van der Waals surface area contributed by atoms with E-state index >= 15 is 0 Å². The number of hydrogen-bond donors (Lipinski definition) is 3. The molecule has 0 aliphatic carbocycles. The van der Waals surface area contributed by atoms with E-state index in [-0.39, 0.29) is 5.91 Å². The molecular weight excluding hydrogens is 457 g/mol. The first kappa shape index (κ1) is 23.3. The van der Waals surface area contributed by atoms with Crippen LogP contribution in [0.15, 0.2) is 42.6 Å². The summed E-state index contributed by atoms with van der Waals surface area (Å²) >= 11 is 6.37. The Morgan fingerprint density at radius 2 is 1.94 bits per heavy atom. The number of fused-ring (bicyclic) bond motifs is 1. The molecular formula is C24H27ClN5O2P. The van der Waals surface area contributed by atoms with E-state index in [0.29, 0.717) is 34.6 Å². The normalized spacial score (nSPS) is 13.6. The van der Waals surface area contributed by atoms with Crippen molar-refractivity contribution in [1.82, 2.24) is 15.3 Å². The van der Waals surface area contributed by atoms with E-state index in [0.717, 1.165) is 41.4 Å². The maximum atomic E-state index is 12.7. The van der Waals surface area contributed by atoms with Crippen LogP contribution >= 0.6 is 18.7 Å². The van der Waals surface area contributed by atoms with E-state index in [4.69, 9.17) is 11.6 Å². The highest BCUT2D eigenvalue weighted by molar-refractivity contribution is 7.70. The Morgan fingerprint density at radius 3 is 2.70 bits per heavy atom. The number of aryl methyl sites for hydroxylation is 2. The molecule has 3 aromatic rings. The number of halogens is 1. The Morgan fingerprint density at radius 1 is 1.15 bits per heavy atom. The summed E-state index contributed by atoms with van der Waals surface area (Å²) in [5, 5.41) is 10.5. The highest BCUT2D eigenvalue weighted by Gasteiger charge is 2.19. The Balaban J connectivity index is 1.67. The summed E-state index contributed by atoms with van der Waals surface area (Å²) in [6, 6.07) is 11.4. The van der Waals surface area contributed by atoms with Gasteiger partial charge in [0.15, 0.2) is 5.82 Å². The van der Waals surface area contributed by atoms with Crippen LogP contribution in [0, 0.1) is 0 Å². The number of rotatable bonds is 6. The number of amides is 1. The van der Waals surface area contributed by atoms with E-state index in [9.17, 15) is 9.36 Å². The molecule has 1 amide bonds. The van der Waals surface area contributed by atoms with Crippen LogP contribution in [0.2, 0.25) is 5.02 Å². The van der Waals surface area contributed by atoms with Crippen LogP contribution in [0.25, 0.3) is 0 Å². The van der Waals surface area contributed by atoms with E-state index in [1.165, 1.54) is 6.20 Å². The van der Waals surface area contributed by atoms with Crippen molar-refractivity contribution in [2.45, 2.75) is 26.2 Å². The van der Waals surface area contributed by atoms with Gasteiger partial charge in [-0.05, 0) is 61.9 Å².